The zero-order chi connectivity index (χ0) is 13.4. The van der Waals surface area contributed by atoms with Crippen LogP contribution in [0.4, 0.5) is 10.1 Å². The first-order valence-corrected chi connectivity index (χ1v) is 6.67. The Bertz CT molecular complexity index is 502. The minimum atomic E-state index is -1.23. The predicted octanol–water partition coefficient (Wildman–Crippen LogP) is 2.17. The van der Waals surface area contributed by atoms with Crippen LogP contribution in [0.15, 0.2) is 18.2 Å². The highest BCUT2D eigenvalue weighted by Crippen LogP contribution is 2.30. The molecule has 1 aliphatic carbocycles. The van der Waals surface area contributed by atoms with Gasteiger partial charge in [-0.05, 0) is 37.5 Å². The molecular weight excluding hydrogens is 247 g/mol. The number of carboxylic acids is 1. The smallest absolute Gasteiger partial charge is 0.338 e. The number of rotatable bonds is 4. The van der Waals surface area contributed by atoms with Crippen molar-refractivity contribution in [2.24, 2.45) is 0 Å². The maximum atomic E-state index is 13.3. The molecule has 1 heterocycles. The van der Waals surface area contributed by atoms with Gasteiger partial charge >= 0.3 is 5.97 Å². The lowest BCUT2D eigenvalue weighted by atomic mass is 10.1. The van der Waals surface area contributed by atoms with Gasteiger partial charge in [-0.2, -0.15) is 0 Å². The minimum absolute atomic E-state index is 0.276. The number of halogens is 1. The Kier molecular flexibility index (Phi) is 3.14. The average molecular weight is 264 g/mol. The first-order chi connectivity index (χ1) is 9.13. The normalized spacial score (nSPS) is 23.5. The molecule has 2 fully saturated rings. The number of nitrogens with one attached hydrogen (secondary N) is 1. The van der Waals surface area contributed by atoms with Crippen molar-refractivity contribution in [2.75, 3.05) is 18.4 Å². The van der Waals surface area contributed by atoms with Gasteiger partial charge < -0.3 is 10.4 Å². The Labute approximate surface area is 111 Å². The fourth-order valence-electron chi connectivity index (χ4n) is 2.69. The van der Waals surface area contributed by atoms with Crippen LogP contribution in [-0.4, -0.2) is 41.1 Å². The Morgan fingerprint density at radius 2 is 2.16 bits per heavy atom. The van der Waals surface area contributed by atoms with E-state index in [1.165, 1.54) is 25.0 Å². The topological polar surface area (TPSA) is 52.6 Å². The third kappa shape index (κ3) is 2.71. The lowest BCUT2D eigenvalue weighted by Crippen LogP contribution is -2.27. The fraction of sp³-hybridized carbons (Fsp3) is 0.500. The van der Waals surface area contributed by atoms with Crippen molar-refractivity contribution in [2.45, 2.75) is 31.3 Å². The molecule has 19 heavy (non-hydrogen) atoms. The van der Waals surface area contributed by atoms with Gasteiger partial charge in [0.25, 0.3) is 0 Å². The molecule has 5 heteroatoms. The number of likely N-dealkylation sites (tertiary alicyclic amines) is 1. The molecule has 1 aromatic carbocycles. The average Bonchev–Trinajstić information content (AvgIpc) is 3.12. The van der Waals surface area contributed by atoms with Crippen LogP contribution in [0, 0.1) is 5.82 Å². The summed E-state index contributed by atoms with van der Waals surface area (Å²) in [5.41, 5.74) is 0.406. The number of aromatic carboxylic acids is 1. The van der Waals surface area contributed by atoms with E-state index < -0.39 is 11.8 Å². The molecule has 0 aromatic heterocycles. The molecule has 4 nitrogen and oxygen atoms in total. The van der Waals surface area contributed by atoms with Crippen LogP contribution in [0.5, 0.6) is 0 Å². The first kappa shape index (κ1) is 12.4. The van der Waals surface area contributed by atoms with E-state index in [-0.39, 0.29) is 5.56 Å². The number of carbonyl (C=O) groups is 1. The molecular formula is C14H17FN2O2. The quantitative estimate of drug-likeness (QED) is 0.875. The molecule has 0 spiro atoms. The molecule has 2 N–H and O–H groups in total. The monoisotopic (exact) mass is 264 g/mol. The Hall–Kier alpha value is -1.62. The second-order valence-electron chi connectivity index (χ2n) is 5.36. The number of benzene rings is 1. The molecule has 1 saturated carbocycles. The van der Waals surface area contributed by atoms with Gasteiger partial charge in [-0.1, -0.05) is 0 Å². The molecule has 1 aromatic rings. The summed E-state index contributed by atoms with van der Waals surface area (Å²) in [4.78, 5) is 13.4. The van der Waals surface area contributed by atoms with E-state index in [1.807, 2.05) is 0 Å². The van der Waals surface area contributed by atoms with Gasteiger partial charge in [-0.25, -0.2) is 9.18 Å². The number of hydrogen-bond acceptors (Lipinski definition) is 3. The maximum absolute atomic E-state index is 13.3. The van der Waals surface area contributed by atoms with Crippen molar-refractivity contribution in [3.05, 3.63) is 29.6 Å². The molecule has 102 valence electrons. The summed E-state index contributed by atoms with van der Waals surface area (Å²) in [5.74, 6) is -1.92. The van der Waals surface area contributed by atoms with Crippen molar-refractivity contribution < 1.29 is 14.3 Å². The maximum Gasteiger partial charge on any atom is 0.338 e. The molecule has 1 atom stereocenters. The summed E-state index contributed by atoms with van der Waals surface area (Å²) in [5, 5.41) is 12.2. The van der Waals surface area contributed by atoms with E-state index >= 15 is 0 Å². The third-order valence-corrected chi connectivity index (χ3v) is 3.85. The number of nitrogens with zero attached hydrogens (tertiary/aromatic N) is 1. The van der Waals surface area contributed by atoms with Gasteiger partial charge in [0, 0.05) is 30.9 Å². The summed E-state index contributed by atoms with van der Waals surface area (Å²) >= 11 is 0. The highest BCUT2D eigenvalue weighted by atomic mass is 19.1. The third-order valence-electron chi connectivity index (χ3n) is 3.85. The SMILES string of the molecule is O=C(O)c1cc(NC2CCN(C3CC3)C2)ccc1F. The zero-order valence-electron chi connectivity index (χ0n) is 10.6. The number of anilines is 1. The van der Waals surface area contributed by atoms with Crippen LogP contribution >= 0.6 is 0 Å². The lowest BCUT2D eigenvalue weighted by molar-refractivity contribution is 0.0692. The summed E-state index contributed by atoms with van der Waals surface area (Å²) in [6.07, 6.45) is 3.65. The minimum Gasteiger partial charge on any atom is -0.478 e. The molecule has 1 unspecified atom stereocenters. The van der Waals surface area contributed by atoms with Crippen LogP contribution in [0.2, 0.25) is 0 Å². The number of carboxylic acid groups (broad SMARTS) is 1. The van der Waals surface area contributed by atoms with Gasteiger partial charge in [0.2, 0.25) is 0 Å². The van der Waals surface area contributed by atoms with E-state index in [4.69, 9.17) is 5.11 Å². The molecule has 1 aliphatic heterocycles. The van der Waals surface area contributed by atoms with E-state index in [2.05, 4.69) is 10.2 Å². The van der Waals surface area contributed by atoms with Crippen LogP contribution in [0.25, 0.3) is 0 Å². The molecule has 0 radical (unpaired) electrons. The fourth-order valence-corrected chi connectivity index (χ4v) is 2.69. The van der Waals surface area contributed by atoms with E-state index in [1.54, 1.807) is 6.07 Å². The second kappa shape index (κ2) is 4.81. The molecule has 1 saturated heterocycles. The molecule has 2 aliphatic rings. The summed E-state index contributed by atoms with van der Waals surface area (Å²) < 4.78 is 13.3. The van der Waals surface area contributed by atoms with Crippen LogP contribution in [0.1, 0.15) is 29.6 Å². The highest BCUT2D eigenvalue weighted by molar-refractivity contribution is 5.89. The van der Waals surface area contributed by atoms with Crippen molar-refractivity contribution in [1.29, 1.82) is 0 Å². The predicted molar refractivity (Wildman–Crippen MR) is 70.0 cm³/mol. The van der Waals surface area contributed by atoms with Crippen molar-refractivity contribution in [3.63, 3.8) is 0 Å². The van der Waals surface area contributed by atoms with Gasteiger partial charge in [0.15, 0.2) is 0 Å². The van der Waals surface area contributed by atoms with Gasteiger partial charge in [-0.3, -0.25) is 4.90 Å². The second-order valence-corrected chi connectivity index (χ2v) is 5.36. The van der Waals surface area contributed by atoms with E-state index in [0.29, 0.717) is 11.7 Å². The lowest BCUT2D eigenvalue weighted by Gasteiger charge is -2.17. The largest absolute Gasteiger partial charge is 0.478 e. The Morgan fingerprint density at radius 1 is 1.37 bits per heavy atom. The molecule has 0 bridgehead atoms. The number of hydrogen-bond donors (Lipinski definition) is 2. The Morgan fingerprint density at radius 3 is 2.84 bits per heavy atom. The van der Waals surface area contributed by atoms with Crippen LogP contribution < -0.4 is 5.32 Å². The zero-order valence-corrected chi connectivity index (χ0v) is 10.6. The van der Waals surface area contributed by atoms with Gasteiger partial charge in [0.1, 0.15) is 5.82 Å². The van der Waals surface area contributed by atoms with Gasteiger partial charge in [-0.15, -0.1) is 0 Å². The standard InChI is InChI=1S/C14H17FN2O2/c15-13-4-1-9(7-12(13)14(18)19)16-10-5-6-17(8-10)11-2-3-11/h1,4,7,10-11,16H,2-3,5-6,8H2,(H,18,19). The summed E-state index contributed by atoms with van der Waals surface area (Å²) in [7, 11) is 0. The van der Waals surface area contributed by atoms with Crippen molar-refractivity contribution in [3.8, 4) is 0 Å². The molecule has 0 amide bonds. The first-order valence-electron chi connectivity index (χ1n) is 6.67. The van der Waals surface area contributed by atoms with E-state index in [0.717, 1.165) is 25.6 Å². The van der Waals surface area contributed by atoms with Crippen molar-refractivity contribution in [1.82, 2.24) is 4.90 Å². The highest BCUT2D eigenvalue weighted by Gasteiger charge is 2.34. The molecule has 3 rings (SSSR count). The summed E-state index contributed by atoms with van der Waals surface area (Å²) in [6.45, 7) is 2.08. The van der Waals surface area contributed by atoms with Gasteiger partial charge in [0.05, 0.1) is 5.56 Å². The van der Waals surface area contributed by atoms with Crippen LogP contribution in [0.3, 0.4) is 0 Å². The van der Waals surface area contributed by atoms with Crippen LogP contribution in [-0.2, 0) is 0 Å². The van der Waals surface area contributed by atoms with Crippen molar-refractivity contribution >= 4 is 11.7 Å². The van der Waals surface area contributed by atoms with E-state index in [9.17, 15) is 9.18 Å². The Balaban J connectivity index is 1.66. The summed E-state index contributed by atoms with van der Waals surface area (Å²) in [6, 6.07) is 5.26.